The molecule has 1 aliphatic heterocycles. The predicted molar refractivity (Wildman–Crippen MR) is 73.8 cm³/mol. The molecule has 1 unspecified atom stereocenters. The van der Waals surface area contributed by atoms with Gasteiger partial charge in [-0.05, 0) is 25.0 Å². The quantitative estimate of drug-likeness (QED) is 0.854. The standard InChI is InChI=1S/C14H19N3O2/c1-3-8-15-14(19)17-9-11-6-4-5-7-12(11)16-13(18)10(17)2/h4-7,10H,3,8-9H2,1-2H3,(H,15,19)(H,16,18). The number of hydrogen-bond donors (Lipinski definition) is 2. The van der Waals surface area contributed by atoms with E-state index in [2.05, 4.69) is 10.6 Å². The monoisotopic (exact) mass is 261 g/mol. The molecule has 5 heteroatoms. The number of amides is 3. The van der Waals surface area contributed by atoms with E-state index in [4.69, 9.17) is 0 Å². The Kier molecular flexibility index (Phi) is 4.04. The number of nitrogens with zero attached hydrogens (tertiary/aromatic N) is 1. The van der Waals surface area contributed by atoms with Gasteiger partial charge in [-0.3, -0.25) is 4.79 Å². The topological polar surface area (TPSA) is 61.4 Å². The van der Waals surface area contributed by atoms with E-state index in [1.165, 1.54) is 0 Å². The zero-order valence-electron chi connectivity index (χ0n) is 11.3. The lowest BCUT2D eigenvalue weighted by Gasteiger charge is -2.25. The first-order valence-electron chi connectivity index (χ1n) is 6.56. The molecule has 0 fully saturated rings. The molecule has 1 heterocycles. The van der Waals surface area contributed by atoms with Crippen molar-refractivity contribution in [3.63, 3.8) is 0 Å². The van der Waals surface area contributed by atoms with Crippen LogP contribution in [-0.4, -0.2) is 29.4 Å². The molecular formula is C14H19N3O2. The highest BCUT2D eigenvalue weighted by molar-refractivity contribution is 5.98. The van der Waals surface area contributed by atoms with Crippen LogP contribution in [0.2, 0.25) is 0 Å². The van der Waals surface area contributed by atoms with E-state index in [0.717, 1.165) is 17.7 Å². The van der Waals surface area contributed by atoms with E-state index >= 15 is 0 Å². The number of benzene rings is 1. The highest BCUT2D eigenvalue weighted by atomic mass is 16.2. The summed E-state index contributed by atoms with van der Waals surface area (Å²) < 4.78 is 0. The highest BCUT2D eigenvalue weighted by Crippen LogP contribution is 2.22. The molecule has 0 spiro atoms. The summed E-state index contributed by atoms with van der Waals surface area (Å²) in [4.78, 5) is 25.7. The van der Waals surface area contributed by atoms with Gasteiger partial charge in [0.25, 0.3) is 0 Å². The molecule has 2 N–H and O–H groups in total. The van der Waals surface area contributed by atoms with Gasteiger partial charge in [0, 0.05) is 12.2 Å². The lowest BCUT2D eigenvalue weighted by molar-refractivity contribution is -0.119. The highest BCUT2D eigenvalue weighted by Gasteiger charge is 2.29. The first-order chi connectivity index (χ1) is 9.13. The SMILES string of the molecule is CCCNC(=O)N1Cc2ccccc2NC(=O)C1C. The molecule has 0 radical (unpaired) electrons. The molecule has 1 aromatic rings. The third-order valence-electron chi connectivity index (χ3n) is 3.25. The summed E-state index contributed by atoms with van der Waals surface area (Å²) in [7, 11) is 0. The molecule has 0 saturated carbocycles. The smallest absolute Gasteiger partial charge is 0.318 e. The maximum atomic E-state index is 12.1. The van der Waals surface area contributed by atoms with Gasteiger partial charge in [0.15, 0.2) is 0 Å². The molecule has 0 aromatic heterocycles. The minimum atomic E-state index is -0.482. The van der Waals surface area contributed by atoms with Gasteiger partial charge in [-0.15, -0.1) is 0 Å². The zero-order chi connectivity index (χ0) is 13.8. The number of para-hydroxylation sites is 1. The second kappa shape index (κ2) is 5.73. The van der Waals surface area contributed by atoms with Crippen LogP contribution in [0.15, 0.2) is 24.3 Å². The van der Waals surface area contributed by atoms with Crippen LogP contribution in [0.3, 0.4) is 0 Å². The Morgan fingerprint density at radius 1 is 1.47 bits per heavy atom. The third kappa shape index (κ3) is 2.86. The number of anilines is 1. The molecule has 1 aromatic carbocycles. The Hall–Kier alpha value is -2.04. The summed E-state index contributed by atoms with van der Waals surface area (Å²) in [5, 5.41) is 5.67. The van der Waals surface area contributed by atoms with E-state index < -0.39 is 6.04 Å². The Morgan fingerprint density at radius 3 is 2.95 bits per heavy atom. The summed E-state index contributed by atoms with van der Waals surface area (Å²) in [6, 6.07) is 6.88. The van der Waals surface area contributed by atoms with E-state index in [1.54, 1.807) is 11.8 Å². The number of fused-ring (bicyclic) bond motifs is 1. The van der Waals surface area contributed by atoms with Gasteiger partial charge in [0.05, 0.1) is 6.54 Å². The number of nitrogens with one attached hydrogen (secondary N) is 2. The fraction of sp³-hybridized carbons (Fsp3) is 0.429. The zero-order valence-corrected chi connectivity index (χ0v) is 11.3. The molecule has 3 amide bonds. The first-order valence-corrected chi connectivity index (χ1v) is 6.56. The van der Waals surface area contributed by atoms with Crippen molar-refractivity contribution in [3.8, 4) is 0 Å². The third-order valence-corrected chi connectivity index (χ3v) is 3.25. The molecule has 0 aliphatic carbocycles. The average molecular weight is 261 g/mol. The molecule has 19 heavy (non-hydrogen) atoms. The molecular weight excluding hydrogens is 242 g/mol. The lowest BCUT2D eigenvalue weighted by Crippen LogP contribution is -2.48. The van der Waals surface area contributed by atoms with Crippen LogP contribution >= 0.6 is 0 Å². The lowest BCUT2D eigenvalue weighted by atomic mass is 10.1. The Morgan fingerprint density at radius 2 is 2.21 bits per heavy atom. The largest absolute Gasteiger partial charge is 0.338 e. The fourth-order valence-electron chi connectivity index (χ4n) is 2.06. The maximum Gasteiger partial charge on any atom is 0.318 e. The normalized spacial score (nSPS) is 18.3. The molecule has 5 nitrogen and oxygen atoms in total. The van der Waals surface area contributed by atoms with Crippen LogP contribution in [0.25, 0.3) is 0 Å². The van der Waals surface area contributed by atoms with Crippen molar-refractivity contribution in [1.82, 2.24) is 10.2 Å². The molecule has 1 aliphatic rings. The summed E-state index contributed by atoms with van der Waals surface area (Å²) in [5.74, 6) is -0.156. The molecule has 0 saturated heterocycles. The average Bonchev–Trinajstić information content (AvgIpc) is 2.54. The summed E-state index contributed by atoms with van der Waals surface area (Å²) >= 11 is 0. The number of carbonyl (C=O) groups is 2. The number of carbonyl (C=O) groups excluding carboxylic acids is 2. The minimum Gasteiger partial charge on any atom is -0.338 e. The van der Waals surface area contributed by atoms with Crippen LogP contribution in [0.4, 0.5) is 10.5 Å². The van der Waals surface area contributed by atoms with Gasteiger partial charge in [-0.1, -0.05) is 25.1 Å². The molecule has 2 rings (SSSR count). The molecule has 102 valence electrons. The number of hydrogen-bond acceptors (Lipinski definition) is 2. The van der Waals surface area contributed by atoms with Crippen LogP contribution in [0, 0.1) is 0 Å². The van der Waals surface area contributed by atoms with E-state index in [9.17, 15) is 9.59 Å². The van der Waals surface area contributed by atoms with Crippen molar-refractivity contribution in [2.24, 2.45) is 0 Å². The fourth-order valence-corrected chi connectivity index (χ4v) is 2.06. The van der Waals surface area contributed by atoms with Crippen molar-refractivity contribution < 1.29 is 9.59 Å². The molecule has 1 atom stereocenters. The summed E-state index contributed by atoms with van der Waals surface area (Å²) in [6.45, 7) is 4.79. The Bertz CT molecular complexity index is 487. The van der Waals surface area contributed by atoms with Gasteiger partial charge in [0.2, 0.25) is 5.91 Å². The second-order valence-electron chi connectivity index (χ2n) is 4.68. The molecule has 0 bridgehead atoms. The van der Waals surface area contributed by atoms with Gasteiger partial charge in [-0.2, -0.15) is 0 Å². The number of rotatable bonds is 2. The first kappa shape index (κ1) is 13.4. The second-order valence-corrected chi connectivity index (χ2v) is 4.68. The van der Waals surface area contributed by atoms with Gasteiger partial charge < -0.3 is 15.5 Å². The van der Waals surface area contributed by atoms with Crippen LogP contribution in [0.5, 0.6) is 0 Å². The maximum absolute atomic E-state index is 12.1. The van der Waals surface area contributed by atoms with Crippen molar-refractivity contribution in [1.29, 1.82) is 0 Å². The van der Waals surface area contributed by atoms with Gasteiger partial charge >= 0.3 is 6.03 Å². The summed E-state index contributed by atoms with van der Waals surface area (Å²) in [6.07, 6.45) is 0.872. The van der Waals surface area contributed by atoms with E-state index in [1.807, 2.05) is 31.2 Å². The van der Waals surface area contributed by atoms with E-state index in [0.29, 0.717) is 13.1 Å². The van der Waals surface area contributed by atoms with Crippen molar-refractivity contribution in [2.75, 3.05) is 11.9 Å². The minimum absolute atomic E-state index is 0.156. The van der Waals surface area contributed by atoms with Gasteiger partial charge in [0.1, 0.15) is 6.04 Å². The van der Waals surface area contributed by atoms with Crippen LogP contribution < -0.4 is 10.6 Å². The van der Waals surface area contributed by atoms with Crippen molar-refractivity contribution in [2.45, 2.75) is 32.9 Å². The van der Waals surface area contributed by atoms with Gasteiger partial charge in [-0.25, -0.2) is 4.79 Å². The van der Waals surface area contributed by atoms with E-state index in [-0.39, 0.29) is 11.9 Å². The van der Waals surface area contributed by atoms with Crippen molar-refractivity contribution >= 4 is 17.6 Å². The summed E-state index contributed by atoms with van der Waals surface area (Å²) in [5.41, 5.74) is 1.73. The Labute approximate surface area is 113 Å². The van der Waals surface area contributed by atoms with Crippen molar-refractivity contribution in [3.05, 3.63) is 29.8 Å². The van der Waals surface area contributed by atoms with Crippen LogP contribution in [-0.2, 0) is 11.3 Å². The Balaban J connectivity index is 2.24. The number of urea groups is 1. The van der Waals surface area contributed by atoms with Crippen LogP contribution in [0.1, 0.15) is 25.8 Å². The predicted octanol–water partition coefficient (Wildman–Crippen LogP) is 1.95.